The molecular formula is C19H11Cl3F6N2O2. The van der Waals surface area contributed by atoms with Gasteiger partial charge in [0.2, 0.25) is 5.91 Å². The van der Waals surface area contributed by atoms with Crippen LogP contribution in [0.3, 0.4) is 0 Å². The van der Waals surface area contributed by atoms with Crippen LogP contribution in [0.4, 0.5) is 32.0 Å². The van der Waals surface area contributed by atoms with Gasteiger partial charge < -0.3 is 10.6 Å². The summed E-state index contributed by atoms with van der Waals surface area (Å²) < 4.78 is 76.3. The van der Waals surface area contributed by atoms with Gasteiger partial charge in [0.05, 0.1) is 16.5 Å². The number of hydrogen-bond acceptors (Lipinski definition) is 2. The molecule has 0 aliphatic heterocycles. The molecular weight excluding hydrogens is 509 g/mol. The summed E-state index contributed by atoms with van der Waals surface area (Å²) >= 11 is 18.0. The first-order valence-corrected chi connectivity index (χ1v) is 9.83. The van der Waals surface area contributed by atoms with Crippen LogP contribution in [-0.4, -0.2) is 28.9 Å². The van der Waals surface area contributed by atoms with Gasteiger partial charge in [-0.05, 0) is 23.8 Å². The molecule has 172 valence electrons. The van der Waals surface area contributed by atoms with Gasteiger partial charge in [0, 0.05) is 17.7 Å². The predicted molar refractivity (Wildman–Crippen MR) is 105 cm³/mol. The van der Waals surface area contributed by atoms with E-state index in [-0.39, 0.29) is 5.02 Å². The van der Waals surface area contributed by atoms with Crippen molar-refractivity contribution in [1.82, 2.24) is 5.32 Å². The third-order valence-corrected chi connectivity index (χ3v) is 5.86. The van der Waals surface area contributed by atoms with Gasteiger partial charge in [-0.2, -0.15) is 13.2 Å². The van der Waals surface area contributed by atoms with Crippen LogP contribution in [0.15, 0.2) is 30.3 Å². The van der Waals surface area contributed by atoms with Crippen LogP contribution >= 0.6 is 34.8 Å². The number of benzene rings is 2. The maximum atomic E-state index is 13.9. The molecule has 2 unspecified atom stereocenters. The first kappa shape index (κ1) is 24.5. The van der Waals surface area contributed by atoms with Crippen LogP contribution in [-0.2, 0) is 4.79 Å². The summed E-state index contributed by atoms with van der Waals surface area (Å²) in [6, 6.07) is 4.80. The van der Waals surface area contributed by atoms with E-state index in [1.54, 1.807) is 0 Å². The van der Waals surface area contributed by atoms with Gasteiger partial charge in [-0.15, -0.1) is 23.2 Å². The minimum absolute atomic E-state index is 0.229. The summed E-state index contributed by atoms with van der Waals surface area (Å²) in [5.74, 6) is -8.30. The topological polar surface area (TPSA) is 58.2 Å². The molecule has 0 heterocycles. The zero-order valence-electron chi connectivity index (χ0n) is 15.5. The van der Waals surface area contributed by atoms with Crippen LogP contribution in [0.2, 0.25) is 5.02 Å². The molecule has 1 saturated carbocycles. The zero-order chi connectivity index (χ0) is 24.0. The van der Waals surface area contributed by atoms with E-state index in [9.17, 15) is 35.9 Å². The molecule has 1 aliphatic carbocycles. The van der Waals surface area contributed by atoms with Gasteiger partial charge >= 0.3 is 6.18 Å². The molecule has 0 radical (unpaired) electrons. The standard InChI is InChI=1S/C19H11Cl3F6N2O2/c20-10-3-7(1-2-11(10)23)13-14(19(13,21)22)17(32)30-8-4-9(15(25)12(24)5-8)16(31)29-6-18(26,27)28/h1-5,13-14H,6H2,(H,29,31)(H,30,32). The lowest BCUT2D eigenvalue weighted by atomic mass is 10.1. The molecule has 0 aromatic heterocycles. The van der Waals surface area contributed by atoms with Gasteiger partial charge in [-0.1, -0.05) is 17.7 Å². The number of anilines is 1. The Morgan fingerprint density at radius 2 is 1.69 bits per heavy atom. The van der Waals surface area contributed by atoms with E-state index in [0.29, 0.717) is 17.7 Å². The molecule has 4 nitrogen and oxygen atoms in total. The summed E-state index contributed by atoms with van der Waals surface area (Å²) in [5, 5.41) is 3.37. The average molecular weight is 520 g/mol. The highest BCUT2D eigenvalue weighted by molar-refractivity contribution is 6.53. The molecule has 2 amide bonds. The van der Waals surface area contributed by atoms with E-state index in [1.165, 1.54) is 17.4 Å². The highest BCUT2D eigenvalue weighted by atomic mass is 35.5. The molecule has 3 rings (SSSR count). The number of halogens is 9. The minimum Gasteiger partial charge on any atom is -0.343 e. The van der Waals surface area contributed by atoms with E-state index in [2.05, 4.69) is 5.32 Å². The molecule has 1 aliphatic rings. The van der Waals surface area contributed by atoms with Crippen LogP contribution in [0.5, 0.6) is 0 Å². The molecule has 32 heavy (non-hydrogen) atoms. The second-order valence-corrected chi connectivity index (χ2v) is 8.76. The predicted octanol–water partition coefficient (Wildman–Crippen LogP) is 5.58. The fourth-order valence-electron chi connectivity index (χ4n) is 3.10. The zero-order valence-corrected chi connectivity index (χ0v) is 17.7. The molecule has 2 aromatic carbocycles. The van der Waals surface area contributed by atoms with Crippen LogP contribution in [0.1, 0.15) is 21.8 Å². The van der Waals surface area contributed by atoms with Crippen molar-refractivity contribution in [2.75, 3.05) is 11.9 Å². The minimum atomic E-state index is -4.77. The Bertz CT molecular complexity index is 1090. The van der Waals surface area contributed by atoms with Crippen LogP contribution in [0.25, 0.3) is 0 Å². The highest BCUT2D eigenvalue weighted by Gasteiger charge is 2.67. The van der Waals surface area contributed by atoms with Crippen molar-refractivity contribution in [1.29, 1.82) is 0 Å². The number of rotatable bonds is 5. The average Bonchev–Trinajstić information content (AvgIpc) is 3.26. The third-order valence-electron chi connectivity index (χ3n) is 4.63. The molecule has 0 spiro atoms. The normalized spacial score (nSPS) is 19.4. The fourth-order valence-corrected chi connectivity index (χ4v) is 4.11. The number of nitrogens with one attached hydrogen (secondary N) is 2. The van der Waals surface area contributed by atoms with E-state index < -0.39 is 69.4 Å². The Hall–Kier alpha value is -2.17. The van der Waals surface area contributed by atoms with Crippen molar-refractivity contribution in [2.24, 2.45) is 5.92 Å². The molecule has 2 atom stereocenters. The summed E-state index contributed by atoms with van der Waals surface area (Å²) in [5.41, 5.74) is -1.12. The van der Waals surface area contributed by atoms with Crippen LogP contribution < -0.4 is 10.6 Å². The number of alkyl halides is 5. The van der Waals surface area contributed by atoms with E-state index in [1.807, 2.05) is 0 Å². The van der Waals surface area contributed by atoms with Crippen molar-refractivity contribution in [3.05, 3.63) is 63.9 Å². The van der Waals surface area contributed by atoms with E-state index in [0.717, 1.165) is 6.07 Å². The molecule has 1 fully saturated rings. The first-order valence-electron chi connectivity index (χ1n) is 8.70. The van der Waals surface area contributed by atoms with Gasteiger partial charge in [0.25, 0.3) is 5.91 Å². The maximum Gasteiger partial charge on any atom is 0.405 e. The molecule has 0 bridgehead atoms. The Morgan fingerprint density at radius 3 is 2.28 bits per heavy atom. The van der Waals surface area contributed by atoms with Crippen molar-refractivity contribution < 1.29 is 35.9 Å². The summed E-state index contributed by atoms with van der Waals surface area (Å²) in [6.45, 7) is -1.77. The number of carbonyl (C=O) groups is 2. The Morgan fingerprint density at radius 1 is 1.03 bits per heavy atom. The lowest BCUT2D eigenvalue weighted by molar-refractivity contribution is -0.123. The monoisotopic (exact) mass is 518 g/mol. The van der Waals surface area contributed by atoms with Gasteiger partial charge in [-0.3, -0.25) is 9.59 Å². The second-order valence-electron chi connectivity index (χ2n) is 6.91. The SMILES string of the molecule is O=C(NCC(F)(F)F)c1cc(NC(=O)C2C(c3ccc(F)c(Cl)c3)C2(Cl)Cl)cc(F)c1F. The van der Waals surface area contributed by atoms with Gasteiger partial charge in [-0.25, -0.2) is 13.2 Å². The van der Waals surface area contributed by atoms with Crippen LogP contribution in [0, 0.1) is 23.4 Å². The van der Waals surface area contributed by atoms with Crippen molar-refractivity contribution in [3.8, 4) is 0 Å². The molecule has 2 N–H and O–H groups in total. The fraction of sp³-hybridized carbons (Fsp3) is 0.263. The maximum absolute atomic E-state index is 13.9. The lowest BCUT2D eigenvalue weighted by Gasteiger charge is -2.11. The quantitative estimate of drug-likeness (QED) is 0.401. The highest BCUT2D eigenvalue weighted by Crippen LogP contribution is 2.65. The molecule has 2 aromatic rings. The van der Waals surface area contributed by atoms with Crippen molar-refractivity contribution in [3.63, 3.8) is 0 Å². The first-order chi connectivity index (χ1) is 14.7. The second kappa shape index (κ2) is 8.64. The van der Waals surface area contributed by atoms with Crippen molar-refractivity contribution in [2.45, 2.75) is 16.4 Å². The van der Waals surface area contributed by atoms with E-state index in [4.69, 9.17) is 34.8 Å². The molecule has 0 saturated heterocycles. The lowest BCUT2D eigenvalue weighted by Crippen LogP contribution is -2.34. The largest absolute Gasteiger partial charge is 0.405 e. The smallest absolute Gasteiger partial charge is 0.343 e. The van der Waals surface area contributed by atoms with Gasteiger partial charge in [0.1, 0.15) is 16.7 Å². The third kappa shape index (κ3) is 5.07. The number of carbonyl (C=O) groups excluding carboxylic acids is 2. The Kier molecular flexibility index (Phi) is 6.61. The summed E-state index contributed by atoms with van der Waals surface area (Å²) in [6.07, 6.45) is -4.77. The van der Waals surface area contributed by atoms with Crippen molar-refractivity contribution >= 4 is 52.3 Å². The summed E-state index contributed by atoms with van der Waals surface area (Å²) in [4.78, 5) is 24.4. The number of amides is 2. The number of hydrogen-bond donors (Lipinski definition) is 2. The molecule has 13 heteroatoms. The Balaban J connectivity index is 1.79. The van der Waals surface area contributed by atoms with Gasteiger partial charge in [0.15, 0.2) is 11.6 Å². The summed E-state index contributed by atoms with van der Waals surface area (Å²) in [7, 11) is 0. The van der Waals surface area contributed by atoms with E-state index >= 15 is 0 Å². The Labute approximate surface area is 191 Å².